The van der Waals surface area contributed by atoms with E-state index in [4.69, 9.17) is 17.0 Å². The summed E-state index contributed by atoms with van der Waals surface area (Å²) in [7, 11) is 0. The number of allylic oxidation sites excluding steroid dienone is 1. The molecule has 4 N–H and O–H groups in total. The Kier molecular flexibility index (Phi) is 6.55. The highest BCUT2D eigenvalue weighted by atomic mass is 32.1. The van der Waals surface area contributed by atoms with Crippen LogP contribution in [0.25, 0.3) is 11.4 Å². The quantitative estimate of drug-likeness (QED) is 0.371. The maximum Gasteiger partial charge on any atom is 0.217 e. The fraction of sp³-hybridized carbons (Fsp3) is 0.444. The third kappa shape index (κ3) is 4.14. The standard InChI is InChI=1S/C18H23N5O5S/c1-3-8-22-16(11-4-6-19-7-5-11)21-23(18(22)29)17-13(20-10(2)25)15(27)14(26)12(9-24)28-17/h3-7,12-15,17,24,26-27H,1,8-9H2,2H3,(H,20,25). The molecule has 156 valence electrons. The molecule has 0 radical (unpaired) electrons. The summed E-state index contributed by atoms with van der Waals surface area (Å²) < 4.78 is 9.12. The molecule has 0 saturated carbocycles. The van der Waals surface area contributed by atoms with Crippen LogP contribution >= 0.6 is 12.2 Å². The van der Waals surface area contributed by atoms with Gasteiger partial charge >= 0.3 is 0 Å². The number of hydrogen-bond acceptors (Lipinski definition) is 8. The monoisotopic (exact) mass is 421 g/mol. The molecule has 1 aliphatic heterocycles. The van der Waals surface area contributed by atoms with E-state index < -0.39 is 43.1 Å². The minimum Gasteiger partial charge on any atom is -0.394 e. The number of carbonyl (C=O) groups is 1. The average molecular weight is 421 g/mol. The van der Waals surface area contributed by atoms with E-state index in [0.29, 0.717) is 12.4 Å². The van der Waals surface area contributed by atoms with Crippen LogP contribution in [0.15, 0.2) is 37.2 Å². The van der Waals surface area contributed by atoms with Crippen LogP contribution in [0.3, 0.4) is 0 Å². The normalized spacial score (nSPS) is 26.8. The maximum absolute atomic E-state index is 11.7. The zero-order valence-corrected chi connectivity index (χ0v) is 16.6. The van der Waals surface area contributed by atoms with Crippen molar-refractivity contribution in [2.75, 3.05) is 6.61 Å². The van der Waals surface area contributed by atoms with E-state index >= 15 is 0 Å². The van der Waals surface area contributed by atoms with Crippen LogP contribution in [-0.4, -0.2) is 71.5 Å². The largest absolute Gasteiger partial charge is 0.394 e. The first kappa shape index (κ1) is 21.3. The van der Waals surface area contributed by atoms with Gasteiger partial charge in [-0.05, 0) is 24.4 Å². The van der Waals surface area contributed by atoms with Crippen LogP contribution in [0.5, 0.6) is 0 Å². The van der Waals surface area contributed by atoms with E-state index in [1.54, 1.807) is 35.2 Å². The molecule has 1 aliphatic rings. The van der Waals surface area contributed by atoms with E-state index in [0.717, 1.165) is 5.56 Å². The van der Waals surface area contributed by atoms with Gasteiger partial charge in [0.2, 0.25) is 10.7 Å². The SMILES string of the molecule is C=CCn1c(-c2ccncc2)nn(C2OC(CO)C(O)C(O)C2NC(C)=O)c1=S. The molecule has 5 atom stereocenters. The second kappa shape index (κ2) is 8.93. The Bertz CT molecular complexity index is 930. The molecular weight excluding hydrogens is 398 g/mol. The molecule has 10 nitrogen and oxygen atoms in total. The first-order valence-corrected chi connectivity index (χ1v) is 9.40. The molecule has 11 heteroatoms. The van der Waals surface area contributed by atoms with Gasteiger partial charge in [-0.2, -0.15) is 0 Å². The molecule has 0 aromatic carbocycles. The van der Waals surface area contributed by atoms with Gasteiger partial charge < -0.3 is 25.4 Å². The second-order valence-corrected chi connectivity index (χ2v) is 7.01. The first-order chi connectivity index (χ1) is 13.9. The number of ether oxygens (including phenoxy) is 1. The Hall–Kier alpha value is -2.44. The van der Waals surface area contributed by atoms with Gasteiger partial charge in [0.25, 0.3) is 0 Å². The molecule has 1 saturated heterocycles. The summed E-state index contributed by atoms with van der Waals surface area (Å²) in [4.78, 5) is 15.7. The van der Waals surface area contributed by atoms with Gasteiger partial charge in [0, 0.05) is 31.4 Å². The number of hydrogen-bond donors (Lipinski definition) is 4. The minimum atomic E-state index is -1.40. The van der Waals surface area contributed by atoms with Crippen LogP contribution in [0.4, 0.5) is 0 Å². The van der Waals surface area contributed by atoms with Crippen molar-refractivity contribution >= 4 is 18.1 Å². The minimum absolute atomic E-state index is 0.261. The van der Waals surface area contributed by atoms with E-state index in [1.807, 2.05) is 0 Å². The van der Waals surface area contributed by atoms with E-state index in [9.17, 15) is 20.1 Å². The molecule has 1 amide bonds. The highest BCUT2D eigenvalue weighted by molar-refractivity contribution is 7.71. The predicted octanol–water partition coefficient (Wildman–Crippen LogP) is -0.222. The lowest BCUT2D eigenvalue weighted by atomic mass is 9.96. The van der Waals surface area contributed by atoms with Crippen molar-refractivity contribution in [3.05, 3.63) is 42.0 Å². The molecule has 29 heavy (non-hydrogen) atoms. The van der Waals surface area contributed by atoms with Crippen molar-refractivity contribution in [2.24, 2.45) is 0 Å². The van der Waals surface area contributed by atoms with Crippen LogP contribution < -0.4 is 5.32 Å². The molecule has 0 bridgehead atoms. The Morgan fingerprint density at radius 1 is 1.38 bits per heavy atom. The van der Waals surface area contributed by atoms with Gasteiger partial charge in [0.1, 0.15) is 24.4 Å². The third-order valence-electron chi connectivity index (χ3n) is 4.65. The molecule has 0 spiro atoms. The van der Waals surface area contributed by atoms with E-state index in [1.165, 1.54) is 11.6 Å². The number of pyridine rings is 1. The molecule has 0 aliphatic carbocycles. The summed E-state index contributed by atoms with van der Waals surface area (Å²) in [6.07, 6.45) is -0.00893. The van der Waals surface area contributed by atoms with Crippen LogP contribution in [0.2, 0.25) is 0 Å². The van der Waals surface area contributed by atoms with Crippen LogP contribution in [0.1, 0.15) is 13.2 Å². The molecule has 3 rings (SSSR count). The summed E-state index contributed by atoms with van der Waals surface area (Å²) in [5.41, 5.74) is 0.748. The summed E-state index contributed by atoms with van der Waals surface area (Å²) in [6.45, 7) is 4.86. The zero-order valence-electron chi connectivity index (χ0n) is 15.8. The number of rotatable bonds is 6. The number of nitrogens with zero attached hydrogens (tertiary/aromatic N) is 4. The molecule has 1 fully saturated rings. The number of carbonyl (C=O) groups excluding carboxylic acids is 1. The molecule has 3 heterocycles. The predicted molar refractivity (Wildman–Crippen MR) is 105 cm³/mol. The number of amides is 1. The van der Waals surface area contributed by atoms with Crippen LogP contribution in [-0.2, 0) is 16.1 Å². The average Bonchev–Trinajstić information content (AvgIpc) is 3.03. The Morgan fingerprint density at radius 3 is 2.66 bits per heavy atom. The number of aliphatic hydroxyl groups excluding tert-OH is 3. The topological polar surface area (TPSA) is 135 Å². The molecule has 5 unspecified atom stereocenters. The van der Waals surface area contributed by atoms with Gasteiger partial charge in [-0.15, -0.1) is 11.7 Å². The van der Waals surface area contributed by atoms with Crippen LogP contribution in [0, 0.1) is 4.77 Å². The zero-order chi connectivity index (χ0) is 21.1. The first-order valence-electron chi connectivity index (χ1n) is 8.99. The summed E-state index contributed by atoms with van der Waals surface area (Å²) in [5, 5.41) is 37.4. The van der Waals surface area contributed by atoms with Crippen molar-refractivity contribution in [2.45, 2.75) is 44.1 Å². The van der Waals surface area contributed by atoms with Crippen molar-refractivity contribution < 1.29 is 24.9 Å². The highest BCUT2D eigenvalue weighted by Gasteiger charge is 2.46. The molecule has 2 aromatic rings. The second-order valence-electron chi connectivity index (χ2n) is 6.64. The summed E-state index contributed by atoms with van der Waals surface area (Å²) >= 11 is 5.57. The van der Waals surface area contributed by atoms with Gasteiger partial charge in [-0.25, -0.2) is 4.68 Å². The van der Waals surface area contributed by atoms with Gasteiger partial charge in [0.15, 0.2) is 12.1 Å². The number of aromatic nitrogens is 4. The van der Waals surface area contributed by atoms with Gasteiger partial charge in [-0.1, -0.05) is 6.08 Å². The van der Waals surface area contributed by atoms with Crippen molar-refractivity contribution in [3.63, 3.8) is 0 Å². The summed E-state index contributed by atoms with van der Waals surface area (Å²) in [6, 6.07) is 2.50. The Balaban J connectivity index is 2.12. The highest BCUT2D eigenvalue weighted by Crippen LogP contribution is 2.30. The smallest absolute Gasteiger partial charge is 0.217 e. The van der Waals surface area contributed by atoms with Crippen molar-refractivity contribution in [1.29, 1.82) is 0 Å². The maximum atomic E-state index is 11.7. The molecule has 2 aromatic heterocycles. The fourth-order valence-electron chi connectivity index (χ4n) is 3.28. The fourth-order valence-corrected chi connectivity index (χ4v) is 3.59. The lowest BCUT2D eigenvalue weighted by Crippen LogP contribution is -2.62. The van der Waals surface area contributed by atoms with Crippen molar-refractivity contribution in [1.82, 2.24) is 24.6 Å². The number of nitrogens with one attached hydrogen (secondary N) is 1. The Labute approximate surface area is 172 Å². The van der Waals surface area contributed by atoms with E-state index in [-0.39, 0.29) is 4.77 Å². The van der Waals surface area contributed by atoms with Gasteiger partial charge in [0.05, 0.1) is 6.61 Å². The lowest BCUT2D eigenvalue weighted by molar-refractivity contribution is -0.219. The lowest BCUT2D eigenvalue weighted by Gasteiger charge is -2.42. The Morgan fingerprint density at radius 2 is 2.07 bits per heavy atom. The van der Waals surface area contributed by atoms with Crippen molar-refractivity contribution in [3.8, 4) is 11.4 Å². The summed E-state index contributed by atoms with van der Waals surface area (Å²) in [5.74, 6) is 0.0901. The van der Waals surface area contributed by atoms with E-state index in [2.05, 4.69) is 22.0 Å². The number of aliphatic hydroxyl groups is 3. The molecular formula is C18H23N5O5S. The van der Waals surface area contributed by atoms with Gasteiger partial charge in [-0.3, -0.25) is 14.3 Å². The third-order valence-corrected chi connectivity index (χ3v) is 5.05.